The highest BCUT2D eigenvalue weighted by Crippen LogP contribution is 2.29. The highest BCUT2D eigenvalue weighted by Gasteiger charge is 2.41. The molecule has 0 aromatic heterocycles. The summed E-state index contributed by atoms with van der Waals surface area (Å²) in [7, 11) is 0. The molecule has 1 fully saturated rings. The Kier molecular flexibility index (Phi) is 3.73. The van der Waals surface area contributed by atoms with Crippen molar-refractivity contribution in [1.29, 1.82) is 0 Å². The van der Waals surface area contributed by atoms with Crippen molar-refractivity contribution in [2.24, 2.45) is 5.41 Å². The Bertz CT molecular complexity index is 569. The fraction of sp³-hybridized carbons (Fsp3) is 0.429. The van der Waals surface area contributed by atoms with E-state index in [4.69, 9.17) is 11.6 Å². The monoisotopic (exact) mass is 298 g/mol. The number of rotatable bonds is 1. The SMILES string of the molecule is CC(C)(C)C1NC(=O)CN(c2cc(Cl)ccc2F)C1=O. The molecule has 0 radical (unpaired) electrons. The smallest absolute Gasteiger partial charge is 0.250 e. The molecule has 2 rings (SSSR count). The molecule has 0 spiro atoms. The van der Waals surface area contributed by atoms with Gasteiger partial charge >= 0.3 is 0 Å². The second-order valence-corrected chi connectivity index (χ2v) is 6.32. The lowest BCUT2D eigenvalue weighted by atomic mass is 9.84. The van der Waals surface area contributed by atoms with Crippen LogP contribution in [0.1, 0.15) is 20.8 Å². The summed E-state index contributed by atoms with van der Waals surface area (Å²) in [5, 5.41) is 2.97. The van der Waals surface area contributed by atoms with Gasteiger partial charge in [0.05, 0.1) is 5.69 Å². The fourth-order valence-corrected chi connectivity index (χ4v) is 2.30. The summed E-state index contributed by atoms with van der Waals surface area (Å²) < 4.78 is 13.9. The Morgan fingerprint density at radius 2 is 2.00 bits per heavy atom. The number of benzene rings is 1. The molecule has 1 aromatic rings. The van der Waals surface area contributed by atoms with Gasteiger partial charge in [-0.05, 0) is 23.6 Å². The highest BCUT2D eigenvalue weighted by atomic mass is 35.5. The van der Waals surface area contributed by atoms with Gasteiger partial charge in [-0.1, -0.05) is 32.4 Å². The third-order valence-corrected chi connectivity index (χ3v) is 3.42. The van der Waals surface area contributed by atoms with E-state index in [1.807, 2.05) is 20.8 Å². The van der Waals surface area contributed by atoms with E-state index in [0.717, 1.165) is 4.90 Å². The lowest BCUT2D eigenvalue weighted by molar-refractivity contribution is -0.133. The summed E-state index contributed by atoms with van der Waals surface area (Å²) in [5.74, 6) is -1.23. The van der Waals surface area contributed by atoms with Crippen molar-refractivity contribution in [3.63, 3.8) is 0 Å². The molecule has 1 N–H and O–H groups in total. The number of piperazine rings is 1. The quantitative estimate of drug-likeness (QED) is 0.865. The number of anilines is 1. The zero-order chi connectivity index (χ0) is 15.1. The van der Waals surface area contributed by atoms with Crippen molar-refractivity contribution < 1.29 is 14.0 Å². The van der Waals surface area contributed by atoms with Crippen LogP contribution in [-0.2, 0) is 9.59 Å². The van der Waals surface area contributed by atoms with Crippen molar-refractivity contribution in [3.8, 4) is 0 Å². The van der Waals surface area contributed by atoms with Crippen molar-refractivity contribution >= 4 is 29.1 Å². The molecule has 2 amide bonds. The van der Waals surface area contributed by atoms with Gasteiger partial charge in [-0.3, -0.25) is 14.5 Å². The molecule has 0 bridgehead atoms. The van der Waals surface area contributed by atoms with E-state index < -0.39 is 17.3 Å². The van der Waals surface area contributed by atoms with Crippen LogP contribution in [0.5, 0.6) is 0 Å². The Hall–Kier alpha value is -1.62. The lowest BCUT2D eigenvalue weighted by Crippen LogP contribution is -2.62. The first-order valence-corrected chi connectivity index (χ1v) is 6.64. The van der Waals surface area contributed by atoms with Crippen LogP contribution < -0.4 is 10.2 Å². The van der Waals surface area contributed by atoms with Crippen LogP contribution in [0.15, 0.2) is 18.2 Å². The van der Waals surface area contributed by atoms with Crippen LogP contribution in [0.4, 0.5) is 10.1 Å². The summed E-state index contributed by atoms with van der Waals surface area (Å²) in [6, 6.07) is 3.24. The van der Waals surface area contributed by atoms with Gasteiger partial charge in [0.15, 0.2) is 0 Å². The largest absolute Gasteiger partial charge is 0.342 e. The molecule has 4 nitrogen and oxygen atoms in total. The van der Waals surface area contributed by atoms with Gasteiger partial charge in [-0.25, -0.2) is 4.39 Å². The Morgan fingerprint density at radius 1 is 1.35 bits per heavy atom. The number of amides is 2. The summed E-state index contributed by atoms with van der Waals surface area (Å²) >= 11 is 5.84. The van der Waals surface area contributed by atoms with Gasteiger partial charge in [0.25, 0.3) is 5.91 Å². The topological polar surface area (TPSA) is 49.4 Å². The van der Waals surface area contributed by atoms with Gasteiger partial charge in [0.2, 0.25) is 5.91 Å². The van der Waals surface area contributed by atoms with Crippen molar-refractivity contribution in [1.82, 2.24) is 5.32 Å². The third kappa shape index (κ3) is 2.77. The third-order valence-electron chi connectivity index (χ3n) is 3.19. The second kappa shape index (κ2) is 5.05. The van der Waals surface area contributed by atoms with Crippen LogP contribution in [0, 0.1) is 11.2 Å². The van der Waals surface area contributed by atoms with Gasteiger partial charge in [-0.15, -0.1) is 0 Å². The van der Waals surface area contributed by atoms with E-state index in [1.54, 1.807) is 0 Å². The van der Waals surface area contributed by atoms with E-state index >= 15 is 0 Å². The standard InChI is InChI=1S/C14H16ClFN2O2/c1-14(2,3)12-13(20)18(7-11(19)17-12)10-6-8(15)4-5-9(10)16/h4-6,12H,7H2,1-3H3,(H,17,19). The maximum absolute atomic E-state index is 13.9. The molecule has 20 heavy (non-hydrogen) atoms. The number of carbonyl (C=O) groups excluding carboxylic acids is 2. The molecule has 1 unspecified atom stereocenters. The summed E-state index contributed by atoms with van der Waals surface area (Å²) in [4.78, 5) is 25.4. The lowest BCUT2D eigenvalue weighted by Gasteiger charge is -2.38. The first-order chi connectivity index (χ1) is 9.20. The predicted molar refractivity (Wildman–Crippen MR) is 75.1 cm³/mol. The normalized spacial score (nSPS) is 20.1. The van der Waals surface area contributed by atoms with Crippen LogP contribution in [0.3, 0.4) is 0 Å². The van der Waals surface area contributed by atoms with Crippen LogP contribution in [0.2, 0.25) is 5.02 Å². The molecule has 108 valence electrons. The van der Waals surface area contributed by atoms with Crippen molar-refractivity contribution in [2.45, 2.75) is 26.8 Å². The molecule has 1 atom stereocenters. The number of carbonyl (C=O) groups is 2. The minimum atomic E-state index is -0.692. The Morgan fingerprint density at radius 3 is 2.60 bits per heavy atom. The maximum Gasteiger partial charge on any atom is 0.250 e. The average Bonchev–Trinajstić information content (AvgIpc) is 2.33. The second-order valence-electron chi connectivity index (χ2n) is 5.89. The molecular formula is C14H16ClFN2O2. The predicted octanol–water partition coefficient (Wildman–Crippen LogP) is 2.36. The number of nitrogens with one attached hydrogen (secondary N) is 1. The van der Waals surface area contributed by atoms with E-state index in [-0.39, 0.29) is 24.0 Å². The Balaban J connectivity index is 2.43. The van der Waals surface area contributed by atoms with E-state index in [1.165, 1.54) is 18.2 Å². The molecule has 1 heterocycles. The maximum atomic E-state index is 13.9. The first kappa shape index (κ1) is 14.8. The fourth-order valence-electron chi connectivity index (χ4n) is 2.13. The molecule has 0 saturated carbocycles. The zero-order valence-electron chi connectivity index (χ0n) is 11.5. The van der Waals surface area contributed by atoms with Crippen LogP contribution in [-0.4, -0.2) is 24.4 Å². The summed E-state index contributed by atoms with van der Waals surface area (Å²) in [6.45, 7) is 5.32. The van der Waals surface area contributed by atoms with Gasteiger partial charge in [0, 0.05) is 5.02 Å². The number of hydrogen-bond donors (Lipinski definition) is 1. The Labute approximate surface area is 121 Å². The molecule has 0 aliphatic carbocycles. The van der Waals surface area contributed by atoms with Crippen molar-refractivity contribution in [2.75, 3.05) is 11.4 Å². The van der Waals surface area contributed by atoms with Gasteiger partial charge in [-0.2, -0.15) is 0 Å². The van der Waals surface area contributed by atoms with Crippen molar-refractivity contribution in [3.05, 3.63) is 29.0 Å². The molecule has 1 aliphatic heterocycles. The zero-order valence-corrected chi connectivity index (χ0v) is 12.3. The average molecular weight is 299 g/mol. The molecule has 6 heteroatoms. The van der Waals surface area contributed by atoms with E-state index in [2.05, 4.69) is 5.32 Å². The minimum Gasteiger partial charge on any atom is -0.342 e. The molecule has 1 saturated heterocycles. The number of hydrogen-bond acceptors (Lipinski definition) is 2. The molecule has 1 aromatic carbocycles. The first-order valence-electron chi connectivity index (χ1n) is 6.26. The van der Waals surface area contributed by atoms with Gasteiger partial charge in [0.1, 0.15) is 18.4 Å². The summed E-state index contributed by atoms with van der Waals surface area (Å²) in [5.41, 5.74) is -0.424. The highest BCUT2D eigenvalue weighted by molar-refractivity contribution is 6.31. The summed E-state index contributed by atoms with van der Waals surface area (Å²) in [6.07, 6.45) is 0. The van der Waals surface area contributed by atoms with Crippen LogP contribution in [0.25, 0.3) is 0 Å². The minimum absolute atomic E-state index is 0.0339. The van der Waals surface area contributed by atoms with Gasteiger partial charge < -0.3 is 5.32 Å². The van der Waals surface area contributed by atoms with E-state index in [0.29, 0.717) is 5.02 Å². The van der Waals surface area contributed by atoms with Crippen LogP contribution >= 0.6 is 11.6 Å². The molecule has 1 aliphatic rings. The molecular weight excluding hydrogens is 283 g/mol. The van der Waals surface area contributed by atoms with E-state index in [9.17, 15) is 14.0 Å². The number of nitrogens with zero attached hydrogens (tertiary/aromatic N) is 1. The number of halogens is 2.